The summed E-state index contributed by atoms with van der Waals surface area (Å²) < 4.78 is 16.1. The van der Waals surface area contributed by atoms with E-state index in [0.29, 0.717) is 26.1 Å². The lowest BCUT2D eigenvalue weighted by Gasteiger charge is -2.16. The van der Waals surface area contributed by atoms with E-state index >= 15 is 0 Å². The monoisotopic (exact) mass is 428 g/mol. The van der Waals surface area contributed by atoms with Crippen LogP contribution in [0.4, 0.5) is 0 Å². The van der Waals surface area contributed by atoms with Gasteiger partial charge in [0.1, 0.15) is 11.9 Å². The van der Waals surface area contributed by atoms with Crippen LogP contribution in [0.2, 0.25) is 0 Å². The van der Waals surface area contributed by atoms with Crippen LogP contribution < -0.4 is 4.74 Å². The molecular weight excluding hydrogens is 396 g/mol. The standard InChI is InChI=1S/C25H32O6/c1-19(26)31-25(21-7-4-3-5-8-21)10-6-9-22(27)17-23(28)15-16-30-18-20-11-13-24(29-2)14-12-20/h3-8,10-14,22-23,25,27-28H,9,15-18H2,1-2H3/b10-6+/t22-,23+,25-/m0/s1. The van der Waals surface area contributed by atoms with E-state index in [1.807, 2.05) is 54.6 Å². The van der Waals surface area contributed by atoms with Crippen LogP contribution in [0.1, 0.15) is 43.4 Å². The minimum atomic E-state index is -0.693. The molecule has 2 aromatic carbocycles. The van der Waals surface area contributed by atoms with E-state index in [9.17, 15) is 15.0 Å². The minimum Gasteiger partial charge on any atom is -0.497 e. The largest absolute Gasteiger partial charge is 0.497 e. The molecule has 2 aromatic rings. The van der Waals surface area contributed by atoms with Crippen LogP contribution >= 0.6 is 0 Å². The highest BCUT2D eigenvalue weighted by molar-refractivity contribution is 5.66. The second-order valence-electron chi connectivity index (χ2n) is 7.34. The first-order valence-corrected chi connectivity index (χ1v) is 10.4. The summed E-state index contributed by atoms with van der Waals surface area (Å²) in [5.74, 6) is 0.425. The maximum atomic E-state index is 11.4. The van der Waals surface area contributed by atoms with Gasteiger partial charge in [0, 0.05) is 13.5 Å². The highest BCUT2D eigenvalue weighted by Crippen LogP contribution is 2.20. The van der Waals surface area contributed by atoms with E-state index in [-0.39, 0.29) is 12.4 Å². The molecule has 0 fully saturated rings. The van der Waals surface area contributed by atoms with Gasteiger partial charge in [-0.15, -0.1) is 0 Å². The van der Waals surface area contributed by atoms with Gasteiger partial charge >= 0.3 is 5.97 Å². The van der Waals surface area contributed by atoms with Crippen molar-refractivity contribution in [3.8, 4) is 5.75 Å². The first-order chi connectivity index (χ1) is 15.0. The summed E-state index contributed by atoms with van der Waals surface area (Å²) in [7, 11) is 1.62. The maximum Gasteiger partial charge on any atom is 0.303 e. The van der Waals surface area contributed by atoms with Gasteiger partial charge in [0.05, 0.1) is 25.9 Å². The van der Waals surface area contributed by atoms with Gasteiger partial charge in [-0.25, -0.2) is 0 Å². The first kappa shape index (κ1) is 24.6. The van der Waals surface area contributed by atoms with Gasteiger partial charge in [0.2, 0.25) is 0 Å². The molecule has 0 aromatic heterocycles. The Morgan fingerprint density at radius 1 is 1.03 bits per heavy atom. The average molecular weight is 429 g/mol. The molecule has 0 aliphatic rings. The smallest absolute Gasteiger partial charge is 0.303 e. The van der Waals surface area contributed by atoms with Crippen LogP contribution in [0.15, 0.2) is 66.7 Å². The lowest BCUT2D eigenvalue weighted by molar-refractivity contribution is -0.144. The van der Waals surface area contributed by atoms with E-state index in [2.05, 4.69) is 0 Å². The molecule has 0 heterocycles. The molecule has 168 valence electrons. The molecule has 0 unspecified atom stereocenters. The predicted molar refractivity (Wildman–Crippen MR) is 119 cm³/mol. The summed E-state index contributed by atoms with van der Waals surface area (Å²) in [6.07, 6.45) is 2.73. The SMILES string of the molecule is COc1ccc(COCC[C@@H](O)C[C@@H](O)C/C=C/[C@H](OC(C)=O)c2ccccc2)cc1. The summed E-state index contributed by atoms with van der Waals surface area (Å²) in [4.78, 5) is 11.4. The molecule has 3 atom stereocenters. The van der Waals surface area contributed by atoms with Crippen LogP contribution in [-0.2, 0) is 20.9 Å². The van der Waals surface area contributed by atoms with Crippen LogP contribution in [0, 0.1) is 0 Å². The molecule has 0 bridgehead atoms. The molecule has 0 spiro atoms. The van der Waals surface area contributed by atoms with Gasteiger partial charge in [0.15, 0.2) is 0 Å². The Labute approximate surface area is 184 Å². The van der Waals surface area contributed by atoms with E-state index in [1.165, 1.54) is 6.92 Å². The predicted octanol–water partition coefficient (Wildman–Crippen LogP) is 3.96. The third-order valence-corrected chi connectivity index (χ3v) is 4.71. The zero-order valence-electron chi connectivity index (χ0n) is 18.1. The highest BCUT2D eigenvalue weighted by Gasteiger charge is 2.13. The van der Waals surface area contributed by atoms with Crippen LogP contribution in [0.3, 0.4) is 0 Å². The number of carbonyl (C=O) groups is 1. The van der Waals surface area contributed by atoms with Crippen molar-refractivity contribution in [3.63, 3.8) is 0 Å². The summed E-state index contributed by atoms with van der Waals surface area (Å²) >= 11 is 0. The van der Waals surface area contributed by atoms with Crippen molar-refractivity contribution in [2.24, 2.45) is 0 Å². The normalized spacial score (nSPS) is 14.2. The highest BCUT2D eigenvalue weighted by atomic mass is 16.5. The Kier molecular flexibility index (Phi) is 10.8. The summed E-state index contributed by atoms with van der Waals surface area (Å²) in [5, 5.41) is 20.3. The van der Waals surface area contributed by atoms with Gasteiger partial charge in [-0.2, -0.15) is 0 Å². The molecule has 2 N–H and O–H groups in total. The number of aliphatic hydroxyl groups is 2. The second-order valence-corrected chi connectivity index (χ2v) is 7.34. The molecule has 6 nitrogen and oxygen atoms in total. The number of hydrogen-bond donors (Lipinski definition) is 2. The minimum absolute atomic E-state index is 0.250. The Bertz CT molecular complexity index is 787. The van der Waals surface area contributed by atoms with Crippen molar-refractivity contribution < 1.29 is 29.2 Å². The number of aliphatic hydroxyl groups excluding tert-OH is 2. The molecule has 0 saturated carbocycles. The summed E-state index contributed by atoms with van der Waals surface area (Å²) in [5.41, 5.74) is 1.89. The summed E-state index contributed by atoms with van der Waals surface area (Å²) in [6, 6.07) is 17.0. The maximum absolute atomic E-state index is 11.4. The quantitative estimate of drug-likeness (QED) is 0.285. The number of rotatable bonds is 13. The Balaban J connectivity index is 1.69. The lowest BCUT2D eigenvalue weighted by Crippen LogP contribution is -2.19. The molecule has 6 heteroatoms. The fourth-order valence-corrected chi connectivity index (χ4v) is 3.06. The lowest BCUT2D eigenvalue weighted by atomic mass is 10.0. The third kappa shape index (κ3) is 9.79. The fraction of sp³-hybridized carbons (Fsp3) is 0.400. The number of hydrogen-bond acceptors (Lipinski definition) is 6. The number of methoxy groups -OCH3 is 1. The van der Waals surface area contributed by atoms with Crippen LogP contribution in [-0.4, -0.2) is 42.1 Å². The molecule has 0 amide bonds. The van der Waals surface area contributed by atoms with Crippen molar-refractivity contribution in [1.29, 1.82) is 0 Å². The van der Waals surface area contributed by atoms with E-state index in [4.69, 9.17) is 14.2 Å². The number of carbonyl (C=O) groups excluding carboxylic acids is 1. The summed E-state index contributed by atoms with van der Waals surface area (Å²) in [6.45, 7) is 2.23. The third-order valence-electron chi connectivity index (χ3n) is 4.71. The van der Waals surface area contributed by atoms with Gasteiger partial charge in [-0.1, -0.05) is 48.5 Å². The zero-order valence-corrected chi connectivity index (χ0v) is 18.1. The zero-order chi connectivity index (χ0) is 22.5. The molecule has 0 saturated heterocycles. The number of benzene rings is 2. The van der Waals surface area contributed by atoms with E-state index < -0.39 is 18.3 Å². The number of ether oxygens (including phenoxy) is 3. The van der Waals surface area contributed by atoms with Gasteiger partial charge in [-0.3, -0.25) is 4.79 Å². The average Bonchev–Trinajstić information content (AvgIpc) is 2.77. The Hall–Kier alpha value is -2.67. The van der Waals surface area contributed by atoms with Crippen LogP contribution in [0.25, 0.3) is 0 Å². The Morgan fingerprint density at radius 3 is 2.39 bits per heavy atom. The molecule has 2 rings (SSSR count). The molecule has 0 aliphatic heterocycles. The topological polar surface area (TPSA) is 85.2 Å². The molecular formula is C25H32O6. The van der Waals surface area contributed by atoms with Crippen LogP contribution in [0.5, 0.6) is 5.75 Å². The van der Waals surface area contributed by atoms with E-state index in [0.717, 1.165) is 16.9 Å². The van der Waals surface area contributed by atoms with Crippen molar-refractivity contribution in [2.45, 2.75) is 51.1 Å². The fourth-order valence-electron chi connectivity index (χ4n) is 3.06. The van der Waals surface area contributed by atoms with Gasteiger partial charge in [-0.05, 0) is 48.6 Å². The Morgan fingerprint density at radius 2 is 1.74 bits per heavy atom. The first-order valence-electron chi connectivity index (χ1n) is 10.4. The molecule has 0 aliphatic carbocycles. The van der Waals surface area contributed by atoms with E-state index in [1.54, 1.807) is 19.3 Å². The van der Waals surface area contributed by atoms with Gasteiger partial charge < -0.3 is 24.4 Å². The van der Waals surface area contributed by atoms with Gasteiger partial charge in [0.25, 0.3) is 0 Å². The van der Waals surface area contributed by atoms with Crippen molar-refractivity contribution in [3.05, 3.63) is 77.9 Å². The van der Waals surface area contributed by atoms with Crippen molar-refractivity contribution in [1.82, 2.24) is 0 Å². The van der Waals surface area contributed by atoms with Crippen molar-refractivity contribution >= 4 is 5.97 Å². The van der Waals surface area contributed by atoms with Crippen molar-refractivity contribution in [2.75, 3.05) is 13.7 Å². The molecule has 0 radical (unpaired) electrons. The second kappa shape index (κ2) is 13.6. The molecule has 31 heavy (non-hydrogen) atoms. The number of esters is 1.